The molecule has 3 rings (SSSR count). The van der Waals surface area contributed by atoms with Crippen LogP contribution < -0.4 is 19.1 Å². The maximum absolute atomic E-state index is 12.9. The Labute approximate surface area is 158 Å². The SMILES string of the molecule is COc1cccc(N2CCN(C(=O)c3cccc(OC)c3OC)CC2=O)c1. The number of carbonyl (C=O) groups excluding carboxylic acids is 2. The predicted octanol–water partition coefficient (Wildman–Crippen LogP) is 2.20. The van der Waals surface area contributed by atoms with Crippen LogP contribution in [0.4, 0.5) is 5.69 Å². The maximum Gasteiger partial charge on any atom is 0.258 e. The lowest BCUT2D eigenvalue weighted by Crippen LogP contribution is -2.52. The van der Waals surface area contributed by atoms with Crippen LogP contribution in [0, 0.1) is 0 Å². The number of hydrogen-bond donors (Lipinski definition) is 0. The average Bonchev–Trinajstić information content (AvgIpc) is 2.72. The first-order chi connectivity index (χ1) is 13.1. The van der Waals surface area contributed by atoms with Gasteiger partial charge >= 0.3 is 0 Å². The molecule has 0 radical (unpaired) electrons. The summed E-state index contributed by atoms with van der Waals surface area (Å²) in [5.74, 6) is 1.12. The van der Waals surface area contributed by atoms with Crippen LogP contribution in [-0.2, 0) is 4.79 Å². The van der Waals surface area contributed by atoms with E-state index in [-0.39, 0.29) is 18.4 Å². The van der Waals surface area contributed by atoms with Gasteiger partial charge in [0.2, 0.25) is 5.91 Å². The van der Waals surface area contributed by atoms with Crippen molar-refractivity contribution in [1.82, 2.24) is 4.90 Å². The van der Waals surface area contributed by atoms with Gasteiger partial charge in [-0.1, -0.05) is 12.1 Å². The van der Waals surface area contributed by atoms with Crippen LogP contribution in [0.25, 0.3) is 0 Å². The van der Waals surface area contributed by atoms with Gasteiger partial charge in [0.05, 0.1) is 26.9 Å². The van der Waals surface area contributed by atoms with Crippen LogP contribution >= 0.6 is 0 Å². The number of ether oxygens (including phenoxy) is 3. The molecule has 0 spiro atoms. The van der Waals surface area contributed by atoms with Crippen molar-refractivity contribution in [2.75, 3.05) is 45.9 Å². The number of carbonyl (C=O) groups is 2. The third-order valence-corrected chi connectivity index (χ3v) is 4.51. The van der Waals surface area contributed by atoms with E-state index in [4.69, 9.17) is 14.2 Å². The summed E-state index contributed by atoms with van der Waals surface area (Å²) >= 11 is 0. The van der Waals surface area contributed by atoms with E-state index in [1.165, 1.54) is 19.1 Å². The lowest BCUT2D eigenvalue weighted by molar-refractivity contribution is -0.120. The minimum absolute atomic E-state index is 0.00356. The average molecular weight is 370 g/mol. The van der Waals surface area contributed by atoms with E-state index in [0.29, 0.717) is 35.9 Å². The van der Waals surface area contributed by atoms with E-state index in [1.807, 2.05) is 18.2 Å². The van der Waals surface area contributed by atoms with Crippen LogP contribution in [-0.4, -0.2) is 57.7 Å². The molecule has 1 fully saturated rings. The minimum Gasteiger partial charge on any atom is -0.497 e. The largest absolute Gasteiger partial charge is 0.497 e. The molecule has 1 saturated heterocycles. The molecule has 1 heterocycles. The highest BCUT2D eigenvalue weighted by molar-refractivity contribution is 6.03. The van der Waals surface area contributed by atoms with Gasteiger partial charge in [-0.2, -0.15) is 0 Å². The fourth-order valence-electron chi connectivity index (χ4n) is 3.12. The molecule has 0 unspecified atom stereocenters. The van der Waals surface area contributed by atoms with Crippen LogP contribution in [0.15, 0.2) is 42.5 Å². The van der Waals surface area contributed by atoms with Gasteiger partial charge in [0.15, 0.2) is 11.5 Å². The summed E-state index contributed by atoms with van der Waals surface area (Å²) in [5, 5.41) is 0. The highest BCUT2D eigenvalue weighted by atomic mass is 16.5. The number of amides is 2. The lowest BCUT2D eigenvalue weighted by atomic mass is 10.1. The Morgan fingerprint density at radius 2 is 1.74 bits per heavy atom. The van der Waals surface area contributed by atoms with Crippen molar-refractivity contribution >= 4 is 17.5 Å². The summed E-state index contributed by atoms with van der Waals surface area (Å²) in [6.45, 7) is 0.822. The molecule has 0 N–H and O–H groups in total. The van der Waals surface area contributed by atoms with Crippen molar-refractivity contribution in [2.45, 2.75) is 0 Å². The van der Waals surface area contributed by atoms with Gasteiger partial charge in [0.1, 0.15) is 12.3 Å². The number of piperazine rings is 1. The predicted molar refractivity (Wildman–Crippen MR) is 101 cm³/mol. The Kier molecular flexibility index (Phi) is 5.49. The second-order valence-corrected chi connectivity index (χ2v) is 6.01. The molecule has 0 aromatic heterocycles. The van der Waals surface area contributed by atoms with E-state index < -0.39 is 0 Å². The zero-order valence-electron chi connectivity index (χ0n) is 15.6. The molecule has 0 atom stereocenters. The zero-order valence-corrected chi connectivity index (χ0v) is 15.6. The summed E-state index contributed by atoms with van der Waals surface area (Å²) in [7, 11) is 4.59. The van der Waals surface area contributed by atoms with E-state index in [0.717, 1.165) is 5.69 Å². The van der Waals surface area contributed by atoms with Gasteiger partial charge in [-0.15, -0.1) is 0 Å². The number of benzene rings is 2. The fourth-order valence-corrected chi connectivity index (χ4v) is 3.12. The molecule has 2 aromatic rings. The van der Waals surface area contributed by atoms with Crippen LogP contribution in [0.1, 0.15) is 10.4 Å². The van der Waals surface area contributed by atoms with Gasteiger partial charge in [-0.25, -0.2) is 0 Å². The van der Waals surface area contributed by atoms with E-state index in [1.54, 1.807) is 36.3 Å². The lowest BCUT2D eigenvalue weighted by Gasteiger charge is -2.34. The molecule has 2 amide bonds. The summed E-state index contributed by atoms with van der Waals surface area (Å²) in [4.78, 5) is 28.8. The molecule has 2 aromatic carbocycles. The quantitative estimate of drug-likeness (QED) is 0.807. The number of rotatable bonds is 5. The number of para-hydroxylation sites is 1. The third-order valence-electron chi connectivity index (χ3n) is 4.51. The van der Waals surface area contributed by atoms with E-state index in [2.05, 4.69) is 0 Å². The standard InChI is InChI=1S/C20H22N2O5/c1-25-15-7-4-6-14(12-15)22-11-10-21(13-18(22)23)20(24)16-8-5-9-17(26-2)19(16)27-3/h4-9,12H,10-11,13H2,1-3H3. The molecule has 0 bridgehead atoms. The van der Waals surface area contributed by atoms with Gasteiger partial charge in [0.25, 0.3) is 5.91 Å². The summed E-state index contributed by atoms with van der Waals surface area (Å²) < 4.78 is 15.8. The van der Waals surface area contributed by atoms with Gasteiger partial charge in [0, 0.05) is 24.8 Å². The Balaban J connectivity index is 1.78. The monoisotopic (exact) mass is 370 g/mol. The first kappa shape index (κ1) is 18.6. The molecule has 142 valence electrons. The summed E-state index contributed by atoms with van der Waals surface area (Å²) in [6, 6.07) is 12.4. The van der Waals surface area contributed by atoms with E-state index >= 15 is 0 Å². The first-order valence-electron chi connectivity index (χ1n) is 8.53. The normalized spacial score (nSPS) is 14.1. The molecule has 0 saturated carbocycles. The highest BCUT2D eigenvalue weighted by Gasteiger charge is 2.30. The van der Waals surface area contributed by atoms with Gasteiger partial charge in [-0.05, 0) is 24.3 Å². The number of nitrogens with zero attached hydrogens (tertiary/aromatic N) is 2. The van der Waals surface area contributed by atoms with Crippen molar-refractivity contribution in [2.24, 2.45) is 0 Å². The topological polar surface area (TPSA) is 68.3 Å². The number of anilines is 1. The number of hydrogen-bond acceptors (Lipinski definition) is 5. The smallest absolute Gasteiger partial charge is 0.258 e. The number of methoxy groups -OCH3 is 3. The Bertz CT molecular complexity index is 852. The molecule has 27 heavy (non-hydrogen) atoms. The van der Waals surface area contributed by atoms with Gasteiger partial charge < -0.3 is 24.0 Å². The van der Waals surface area contributed by atoms with Gasteiger partial charge in [-0.3, -0.25) is 9.59 Å². The molecule has 0 aliphatic carbocycles. The zero-order chi connectivity index (χ0) is 19.4. The van der Waals surface area contributed by atoms with Crippen LogP contribution in [0.5, 0.6) is 17.2 Å². The Morgan fingerprint density at radius 1 is 0.963 bits per heavy atom. The minimum atomic E-state index is -0.260. The van der Waals surface area contributed by atoms with Crippen molar-refractivity contribution < 1.29 is 23.8 Å². The second-order valence-electron chi connectivity index (χ2n) is 6.01. The molecule has 7 nitrogen and oxygen atoms in total. The van der Waals surface area contributed by atoms with Crippen LogP contribution in [0.3, 0.4) is 0 Å². The molecular formula is C20H22N2O5. The highest BCUT2D eigenvalue weighted by Crippen LogP contribution is 2.32. The molecule has 1 aliphatic rings. The first-order valence-corrected chi connectivity index (χ1v) is 8.53. The summed E-state index contributed by atoms with van der Waals surface area (Å²) in [5.41, 5.74) is 1.13. The fraction of sp³-hybridized carbons (Fsp3) is 0.300. The molecule has 1 aliphatic heterocycles. The Hall–Kier alpha value is -3.22. The molecular weight excluding hydrogens is 348 g/mol. The third kappa shape index (κ3) is 3.67. The summed E-state index contributed by atoms with van der Waals surface area (Å²) in [6.07, 6.45) is 0. The Morgan fingerprint density at radius 3 is 2.41 bits per heavy atom. The van der Waals surface area contributed by atoms with Crippen molar-refractivity contribution in [3.8, 4) is 17.2 Å². The van der Waals surface area contributed by atoms with Crippen molar-refractivity contribution in [1.29, 1.82) is 0 Å². The second kappa shape index (κ2) is 7.99. The maximum atomic E-state index is 12.9. The van der Waals surface area contributed by atoms with Crippen molar-refractivity contribution in [3.63, 3.8) is 0 Å². The van der Waals surface area contributed by atoms with Crippen LogP contribution in [0.2, 0.25) is 0 Å². The van der Waals surface area contributed by atoms with Crippen molar-refractivity contribution in [3.05, 3.63) is 48.0 Å². The molecule has 7 heteroatoms. The van der Waals surface area contributed by atoms with E-state index in [9.17, 15) is 9.59 Å².